The first-order valence-corrected chi connectivity index (χ1v) is 6.98. The van der Waals surface area contributed by atoms with Crippen molar-refractivity contribution in [1.29, 1.82) is 0 Å². The minimum Gasteiger partial charge on any atom is -0.381 e. The Kier molecular flexibility index (Phi) is 11.4. The van der Waals surface area contributed by atoms with E-state index in [9.17, 15) is 8.78 Å². The maximum Gasteiger partial charge on any atom is 0.257 e. The predicted octanol–water partition coefficient (Wildman–Crippen LogP) is 2.58. The smallest absolute Gasteiger partial charge is 0.257 e. The number of ether oxygens (including phenoxy) is 1. The van der Waals surface area contributed by atoms with Crippen LogP contribution in [-0.4, -0.2) is 57.2 Å². The summed E-state index contributed by atoms with van der Waals surface area (Å²) in [6, 6.07) is 0. The molecule has 1 aliphatic rings. The average molecular weight is 405 g/mol. The molecule has 0 aromatic carbocycles. The van der Waals surface area contributed by atoms with Crippen molar-refractivity contribution < 1.29 is 13.5 Å². The highest BCUT2D eigenvalue weighted by Gasteiger charge is 2.15. The first kappa shape index (κ1) is 19.8. The van der Waals surface area contributed by atoms with Gasteiger partial charge in [0.2, 0.25) is 0 Å². The zero-order valence-electron chi connectivity index (χ0n) is 12.3. The number of guanidine groups is 1. The lowest BCUT2D eigenvalue weighted by Gasteiger charge is -2.26. The van der Waals surface area contributed by atoms with Gasteiger partial charge in [0.15, 0.2) is 5.96 Å². The molecule has 1 fully saturated rings. The summed E-state index contributed by atoms with van der Waals surface area (Å²) in [6.07, 6.45) is 0.855. The molecule has 120 valence electrons. The van der Waals surface area contributed by atoms with Gasteiger partial charge in [-0.3, -0.25) is 0 Å². The monoisotopic (exact) mass is 405 g/mol. The number of hydrogen-bond acceptors (Lipinski definition) is 2. The number of nitrogens with one attached hydrogen (secondary N) is 1. The number of halogens is 3. The van der Waals surface area contributed by atoms with Crippen LogP contribution in [-0.2, 0) is 4.74 Å². The van der Waals surface area contributed by atoms with E-state index in [1.807, 2.05) is 18.9 Å². The molecular weight excluding hydrogens is 379 g/mol. The molecule has 20 heavy (non-hydrogen) atoms. The van der Waals surface area contributed by atoms with Crippen LogP contribution in [0, 0.1) is 5.92 Å². The molecule has 0 spiro atoms. The van der Waals surface area contributed by atoms with Crippen molar-refractivity contribution in [2.75, 3.05) is 39.9 Å². The number of alkyl halides is 2. The van der Waals surface area contributed by atoms with E-state index < -0.39 is 13.0 Å². The van der Waals surface area contributed by atoms with Gasteiger partial charge in [-0.2, -0.15) is 0 Å². The molecule has 1 aliphatic heterocycles. The number of nitrogens with zero attached hydrogens (tertiary/aromatic N) is 2. The van der Waals surface area contributed by atoms with Crippen LogP contribution in [0.25, 0.3) is 0 Å². The quantitative estimate of drug-likeness (QED) is 0.420. The van der Waals surface area contributed by atoms with E-state index in [1.54, 1.807) is 0 Å². The Morgan fingerprint density at radius 1 is 1.40 bits per heavy atom. The SMILES string of the molecule is CCNC(=NCC(F)F)N(C)CCC1CCOCC1.I. The fourth-order valence-corrected chi connectivity index (χ4v) is 2.14. The van der Waals surface area contributed by atoms with E-state index in [2.05, 4.69) is 10.3 Å². The standard InChI is InChI=1S/C13H25F2N3O.HI/c1-3-16-13(17-10-12(14)15)18(2)7-4-11-5-8-19-9-6-11;/h11-12H,3-10H2,1-2H3,(H,16,17);1H. The largest absolute Gasteiger partial charge is 0.381 e. The van der Waals surface area contributed by atoms with E-state index >= 15 is 0 Å². The molecule has 0 amide bonds. The molecular formula is C13H26F2IN3O. The van der Waals surface area contributed by atoms with Crippen LogP contribution >= 0.6 is 24.0 Å². The van der Waals surface area contributed by atoms with Crippen LogP contribution in [0.15, 0.2) is 4.99 Å². The van der Waals surface area contributed by atoms with Crippen LogP contribution in [0.4, 0.5) is 8.78 Å². The van der Waals surface area contributed by atoms with Crippen molar-refractivity contribution in [1.82, 2.24) is 10.2 Å². The van der Waals surface area contributed by atoms with Gasteiger partial charge in [-0.25, -0.2) is 13.8 Å². The van der Waals surface area contributed by atoms with E-state index in [4.69, 9.17) is 4.74 Å². The Bertz CT molecular complexity index is 274. The van der Waals surface area contributed by atoms with Crippen molar-refractivity contribution in [2.24, 2.45) is 10.9 Å². The van der Waals surface area contributed by atoms with Crippen molar-refractivity contribution in [3.63, 3.8) is 0 Å². The molecule has 0 aromatic heterocycles. The molecule has 1 rings (SSSR count). The van der Waals surface area contributed by atoms with Gasteiger partial charge in [-0.1, -0.05) is 0 Å². The molecule has 0 radical (unpaired) electrons. The molecule has 1 N–H and O–H groups in total. The molecule has 0 saturated carbocycles. The fourth-order valence-electron chi connectivity index (χ4n) is 2.14. The minimum atomic E-state index is -2.39. The summed E-state index contributed by atoms with van der Waals surface area (Å²) >= 11 is 0. The second-order valence-electron chi connectivity index (χ2n) is 4.85. The van der Waals surface area contributed by atoms with Gasteiger partial charge in [-0.15, -0.1) is 24.0 Å². The molecule has 7 heteroatoms. The second-order valence-corrected chi connectivity index (χ2v) is 4.85. The summed E-state index contributed by atoms with van der Waals surface area (Å²) in [5, 5.41) is 3.04. The maximum absolute atomic E-state index is 12.2. The van der Waals surface area contributed by atoms with Gasteiger partial charge in [0.25, 0.3) is 6.43 Å². The summed E-state index contributed by atoms with van der Waals surface area (Å²) in [6.45, 7) is 4.69. The van der Waals surface area contributed by atoms with Gasteiger partial charge in [0.1, 0.15) is 6.54 Å². The van der Waals surface area contributed by atoms with Crippen LogP contribution in [0.1, 0.15) is 26.2 Å². The van der Waals surface area contributed by atoms with Crippen molar-refractivity contribution >= 4 is 29.9 Å². The highest BCUT2D eigenvalue weighted by atomic mass is 127. The van der Waals surface area contributed by atoms with Crippen molar-refractivity contribution in [3.8, 4) is 0 Å². The van der Waals surface area contributed by atoms with Crippen LogP contribution in [0.5, 0.6) is 0 Å². The molecule has 1 heterocycles. The third kappa shape index (κ3) is 8.18. The summed E-state index contributed by atoms with van der Waals surface area (Å²) in [5.74, 6) is 1.24. The molecule has 1 saturated heterocycles. The summed E-state index contributed by atoms with van der Waals surface area (Å²) in [7, 11) is 1.90. The number of rotatable bonds is 6. The van der Waals surface area contributed by atoms with Gasteiger partial charge in [0, 0.05) is 33.4 Å². The highest BCUT2D eigenvalue weighted by Crippen LogP contribution is 2.18. The third-order valence-electron chi connectivity index (χ3n) is 3.29. The Morgan fingerprint density at radius 3 is 2.60 bits per heavy atom. The molecule has 4 nitrogen and oxygen atoms in total. The lowest BCUT2D eigenvalue weighted by atomic mass is 9.96. The van der Waals surface area contributed by atoms with E-state index in [1.165, 1.54) is 0 Å². The zero-order valence-corrected chi connectivity index (χ0v) is 14.6. The molecule has 0 aliphatic carbocycles. The molecule has 0 aromatic rings. The second kappa shape index (κ2) is 11.5. The minimum absolute atomic E-state index is 0. The van der Waals surface area contributed by atoms with Gasteiger partial charge >= 0.3 is 0 Å². The van der Waals surface area contributed by atoms with Crippen LogP contribution in [0.3, 0.4) is 0 Å². The summed E-state index contributed by atoms with van der Waals surface area (Å²) < 4.78 is 29.7. The fraction of sp³-hybridized carbons (Fsp3) is 0.923. The number of aliphatic imine (C=N–C) groups is 1. The third-order valence-corrected chi connectivity index (χ3v) is 3.29. The zero-order chi connectivity index (χ0) is 14.1. The van der Waals surface area contributed by atoms with E-state index in [0.29, 0.717) is 18.4 Å². The molecule has 0 bridgehead atoms. The molecule has 0 atom stereocenters. The topological polar surface area (TPSA) is 36.9 Å². The number of hydrogen-bond donors (Lipinski definition) is 1. The van der Waals surface area contributed by atoms with Crippen molar-refractivity contribution in [2.45, 2.75) is 32.6 Å². The Morgan fingerprint density at radius 2 is 2.05 bits per heavy atom. The van der Waals surface area contributed by atoms with Crippen LogP contribution < -0.4 is 5.32 Å². The normalized spacial score (nSPS) is 16.9. The maximum atomic E-state index is 12.2. The lowest BCUT2D eigenvalue weighted by molar-refractivity contribution is 0.0625. The Labute approximate surface area is 137 Å². The predicted molar refractivity (Wildman–Crippen MR) is 88.2 cm³/mol. The Hall–Kier alpha value is -0.180. The Balaban J connectivity index is 0.00000361. The van der Waals surface area contributed by atoms with Gasteiger partial charge < -0.3 is 15.0 Å². The van der Waals surface area contributed by atoms with Crippen molar-refractivity contribution in [3.05, 3.63) is 0 Å². The van der Waals surface area contributed by atoms with Crippen LogP contribution in [0.2, 0.25) is 0 Å². The lowest BCUT2D eigenvalue weighted by Crippen LogP contribution is -2.40. The first-order chi connectivity index (χ1) is 9.13. The highest BCUT2D eigenvalue weighted by molar-refractivity contribution is 14.0. The van der Waals surface area contributed by atoms with Gasteiger partial charge in [0.05, 0.1) is 0 Å². The van der Waals surface area contributed by atoms with E-state index in [0.717, 1.165) is 39.0 Å². The van der Waals surface area contributed by atoms with Gasteiger partial charge in [-0.05, 0) is 32.1 Å². The summed E-state index contributed by atoms with van der Waals surface area (Å²) in [5.41, 5.74) is 0. The van der Waals surface area contributed by atoms with E-state index in [-0.39, 0.29) is 24.0 Å². The summed E-state index contributed by atoms with van der Waals surface area (Å²) in [4.78, 5) is 5.87. The molecule has 0 unspecified atom stereocenters. The first-order valence-electron chi connectivity index (χ1n) is 6.98. The average Bonchev–Trinajstić information content (AvgIpc) is 2.41.